The standard InChI is InChI=1S/C13H19N3O2/c17-13(18)11-12(16-9-8-14-11)15-7-6-10-4-2-1-3-5-10/h8-10H,1-7H2,(H,15,16)(H,17,18). The molecule has 0 aromatic carbocycles. The van der Waals surface area contributed by atoms with Gasteiger partial charge in [-0.3, -0.25) is 0 Å². The summed E-state index contributed by atoms with van der Waals surface area (Å²) in [6, 6.07) is 0. The molecule has 5 heteroatoms. The Balaban J connectivity index is 1.84. The smallest absolute Gasteiger partial charge is 0.358 e. The molecule has 5 nitrogen and oxygen atoms in total. The van der Waals surface area contributed by atoms with Crippen LogP contribution in [0.1, 0.15) is 49.0 Å². The number of carboxylic acid groups (broad SMARTS) is 1. The van der Waals surface area contributed by atoms with Gasteiger partial charge in [-0.1, -0.05) is 32.1 Å². The highest BCUT2D eigenvalue weighted by Crippen LogP contribution is 2.26. The highest BCUT2D eigenvalue weighted by Gasteiger charge is 2.15. The Morgan fingerprint density at radius 1 is 1.28 bits per heavy atom. The summed E-state index contributed by atoms with van der Waals surface area (Å²) in [5, 5.41) is 12.1. The Bertz CT molecular complexity index is 403. The zero-order chi connectivity index (χ0) is 12.8. The molecule has 1 aromatic heterocycles. The van der Waals surface area contributed by atoms with E-state index in [9.17, 15) is 4.79 Å². The number of carboxylic acids is 1. The van der Waals surface area contributed by atoms with Crippen LogP contribution in [0, 0.1) is 5.92 Å². The molecule has 0 unspecified atom stereocenters. The minimum Gasteiger partial charge on any atom is -0.476 e. The average molecular weight is 249 g/mol. The molecular formula is C13H19N3O2. The van der Waals surface area contributed by atoms with E-state index < -0.39 is 5.97 Å². The normalized spacial score (nSPS) is 16.4. The van der Waals surface area contributed by atoms with Crippen molar-refractivity contribution in [1.82, 2.24) is 9.97 Å². The zero-order valence-corrected chi connectivity index (χ0v) is 10.4. The molecule has 18 heavy (non-hydrogen) atoms. The van der Waals surface area contributed by atoms with Gasteiger partial charge in [0.2, 0.25) is 0 Å². The second kappa shape index (κ2) is 6.33. The number of nitrogens with zero attached hydrogens (tertiary/aromatic N) is 2. The first kappa shape index (κ1) is 12.8. The third-order valence-corrected chi connectivity index (χ3v) is 3.47. The highest BCUT2D eigenvalue weighted by molar-refractivity contribution is 5.90. The van der Waals surface area contributed by atoms with Crippen LogP contribution in [0.3, 0.4) is 0 Å². The fourth-order valence-corrected chi connectivity index (χ4v) is 2.49. The van der Waals surface area contributed by atoms with Crippen molar-refractivity contribution in [2.75, 3.05) is 11.9 Å². The molecule has 1 fully saturated rings. The van der Waals surface area contributed by atoms with Gasteiger partial charge >= 0.3 is 5.97 Å². The van der Waals surface area contributed by atoms with Crippen molar-refractivity contribution >= 4 is 11.8 Å². The van der Waals surface area contributed by atoms with Crippen LogP contribution in [0.25, 0.3) is 0 Å². The number of carbonyl (C=O) groups is 1. The van der Waals surface area contributed by atoms with Crippen molar-refractivity contribution in [3.8, 4) is 0 Å². The van der Waals surface area contributed by atoms with Gasteiger partial charge in [-0.15, -0.1) is 0 Å². The van der Waals surface area contributed by atoms with E-state index >= 15 is 0 Å². The first-order valence-corrected chi connectivity index (χ1v) is 6.55. The van der Waals surface area contributed by atoms with E-state index in [2.05, 4.69) is 15.3 Å². The summed E-state index contributed by atoms with van der Waals surface area (Å²) in [6.07, 6.45) is 10.6. The molecule has 2 N–H and O–H groups in total. The first-order chi connectivity index (χ1) is 8.77. The molecule has 0 saturated heterocycles. The number of anilines is 1. The van der Waals surface area contributed by atoms with E-state index in [1.165, 1.54) is 44.5 Å². The van der Waals surface area contributed by atoms with Gasteiger partial charge in [0.25, 0.3) is 0 Å². The van der Waals surface area contributed by atoms with Crippen LogP contribution in [0.15, 0.2) is 12.4 Å². The second-order valence-corrected chi connectivity index (χ2v) is 4.78. The molecule has 98 valence electrons. The minimum atomic E-state index is -1.04. The quantitative estimate of drug-likeness (QED) is 0.838. The maximum Gasteiger partial charge on any atom is 0.358 e. The van der Waals surface area contributed by atoms with Gasteiger partial charge in [-0.2, -0.15) is 0 Å². The molecule has 1 aliphatic rings. The molecule has 1 saturated carbocycles. The van der Waals surface area contributed by atoms with Crippen LogP contribution in [0.4, 0.5) is 5.82 Å². The van der Waals surface area contributed by atoms with Gasteiger partial charge in [-0.25, -0.2) is 14.8 Å². The monoisotopic (exact) mass is 249 g/mol. The summed E-state index contributed by atoms with van der Waals surface area (Å²) in [5.41, 5.74) is 0.00106. The van der Waals surface area contributed by atoms with Gasteiger partial charge in [0, 0.05) is 18.9 Å². The highest BCUT2D eigenvalue weighted by atomic mass is 16.4. The van der Waals surface area contributed by atoms with Gasteiger partial charge < -0.3 is 10.4 Å². The van der Waals surface area contributed by atoms with E-state index in [1.54, 1.807) is 0 Å². The average Bonchev–Trinajstić information content (AvgIpc) is 2.40. The molecule has 1 aliphatic carbocycles. The Hall–Kier alpha value is -1.65. The molecule has 0 bridgehead atoms. The lowest BCUT2D eigenvalue weighted by atomic mass is 9.87. The zero-order valence-electron chi connectivity index (χ0n) is 10.4. The van der Waals surface area contributed by atoms with Crippen molar-refractivity contribution in [2.45, 2.75) is 38.5 Å². The summed E-state index contributed by atoms with van der Waals surface area (Å²) >= 11 is 0. The van der Waals surface area contributed by atoms with Crippen molar-refractivity contribution < 1.29 is 9.90 Å². The molecule has 1 heterocycles. The van der Waals surface area contributed by atoms with Crippen molar-refractivity contribution in [3.63, 3.8) is 0 Å². The molecule has 0 spiro atoms. The summed E-state index contributed by atoms with van der Waals surface area (Å²) in [7, 11) is 0. The summed E-state index contributed by atoms with van der Waals surface area (Å²) in [4.78, 5) is 18.8. The summed E-state index contributed by atoms with van der Waals surface area (Å²) in [5.74, 6) is 0.111. The van der Waals surface area contributed by atoms with Crippen molar-refractivity contribution in [3.05, 3.63) is 18.1 Å². The van der Waals surface area contributed by atoms with Gasteiger partial charge in [0.15, 0.2) is 11.5 Å². The number of aromatic carboxylic acids is 1. The van der Waals surface area contributed by atoms with E-state index in [0.717, 1.165) is 18.9 Å². The Kier molecular flexibility index (Phi) is 4.50. The van der Waals surface area contributed by atoms with Gasteiger partial charge in [0.05, 0.1) is 0 Å². The third kappa shape index (κ3) is 3.42. The molecule has 0 atom stereocenters. The largest absolute Gasteiger partial charge is 0.476 e. The lowest BCUT2D eigenvalue weighted by Crippen LogP contribution is -2.15. The van der Waals surface area contributed by atoms with E-state index in [1.807, 2.05) is 0 Å². The van der Waals surface area contributed by atoms with E-state index in [4.69, 9.17) is 5.11 Å². The number of hydrogen-bond acceptors (Lipinski definition) is 4. The predicted octanol–water partition coefficient (Wildman–Crippen LogP) is 2.56. The molecule has 2 rings (SSSR count). The van der Waals surface area contributed by atoms with Crippen LogP contribution < -0.4 is 5.32 Å². The topological polar surface area (TPSA) is 75.1 Å². The summed E-state index contributed by atoms with van der Waals surface area (Å²) in [6.45, 7) is 0.767. The fourth-order valence-electron chi connectivity index (χ4n) is 2.49. The van der Waals surface area contributed by atoms with E-state index in [0.29, 0.717) is 5.82 Å². The molecule has 0 aliphatic heterocycles. The Morgan fingerprint density at radius 3 is 2.72 bits per heavy atom. The van der Waals surface area contributed by atoms with Crippen molar-refractivity contribution in [1.29, 1.82) is 0 Å². The maximum absolute atomic E-state index is 10.9. The van der Waals surface area contributed by atoms with Crippen LogP contribution >= 0.6 is 0 Å². The Labute approximate surface area is 107 Å². The van der Waals surface area contributed by atoms with Crippen LogP contribution in [-0.4, -0.2) is 27.6 Å². The lowest BCUT2D eigenvalue weighted by Gasteiger charge is -2.21. The molecular weight excluding hydrogens is 230 g/mol. The predicted molar refractivity (Wildman–Crippen MR) is 68.7 cm³/mol. The van der Waals surface area contributed by atoms with Crippen LogP contribution in [0.2, 0.25) is 0 Å². The van der Waals surface area contributed by atoms with Gasteiger partial charge in [-0.05, 0) is 12.3 Å². The molecule has 0 amide bonds. The third-order valence-electron chi connectivity index (χ3n) is 3.47. The first-order valence-electron chi connectivity index (χ1n) is 6.55. The molecule has 1 aromatic rings. The number of aromatic nitrogens is 2. The van der Waals surface area contributed by atoms with Gasteiger partial charge in [0.1, 0.15) is 0 Å². The van der Waals surface area contributed by atoms with Crippen molar-refractivity contribution in [2.24, 2.45) is 5.92 Å². The van der Waals surface area contributed by atoms with Crippen LogP contribution in [-0.2, 0) is 0 Å². The molecule has 0 radical (unpaired) electrons. The number of hydrogen-bond donors (Lipinski definition) is 2. The number of nitrogens with one attached hydrogen (secondary N) is 1. The SMILES string of the molecule is O=C(O)c1nccnc1NCCC1CCCCC1. The fraction of sp³-hybridized carbons (Fsp3) is 0.615. The Morgan fingerprint density at radius 2 is 2.00 bits per heavy atom. The van der Waals surface area contributed by atoms with E-state index in [-0.39, 0.29) is 5.69 Å². The summed E-state index contributed by atoms with van der Waals surface area (Å²) < 4.78 is 0. The lowest BCUT2D eigenvalue weighted by molar-refractivity contribution is 0.0691. The minimum absolute atomic E-state index is 0.00106. The maximum atomic E-state index is 10.9. The van der Waals surface area contributed by atoms with Crippen LogP contribution in [0.5, 0.6) is 0 Å². The number of rotatable bonds is 5. The second-order valence-electron chi connectivity index (χ2n) is 4.78.